The minimum absolute atomic E-state index is 0.677. The summed E-state index contributed by atoms with van der Waals surface area (Å²) < 4.78 is 0. The van der Waals surface area contributed by atoms with Crippen LogP contribution < -0.4 is 5.32 Å². The number of rotatable bonds is 3. The lowest BCUT2D eigenvalue weighted by atomic mass is 10.2. The molecule has 0 saturated heterocycles. The van der Waals surface area contributed by atoms with E-state index in [9.17, 15) is 0 Å². The summed E-state index contributed by atoms with van der Waals surface area (Å²) in [7, 11) is 0. The van der Waals surface area contributed by atoms with E-state index in [0.29, 0.717) is 6.54 Å². The smallest absolute Gasteiger partial charge is 0.138 e. The van der Waals surface area contributed by atoms with Crippen LogP contribution in [0.2, 0.25) is 5.02 Å². The molecule has 3 aromatic rings. The number of fused-ring (bicyclic) bond motifs is 3. The summed E-state index contributed by atoms with van der Waals surface area (Å²) in [6.45, 7) is 0.677. The van der Waals surface area contributed by atoms with Crippen LogP contribution in [-0.2, 0) is 19.4 Å². The van der Waals surface area contributed by atoms with E-state index in [1.54, 1.807) is 6.33 Å². The molecule has 106 valence electrons. The van der Waals surface area contributed by atoms with E-state index in [-0.39, 0.29) is 0 Å². The van der Waals surface area contributed by atoms with E-state index in [4.69, 9.17) is 11.6 Å². The Morgan fingerprint density at radius 1 is 1.19 bits per heavy atom. The molecule has 0 spiro atoms. The molecule has 0 bridgehead atoms. The van der Waals surface area contributed by atoms with Crippen LogP contribution >= 0.6 is 22.9 Å². The second-order valence-electron chi connectivity index (χ2n) is 5.20. The average molecular weight is 316 g/mol. The molecule has 0 atom stereocenters. The molecule has 4 rings (SSSR count). The number of nitrogens with zero attached hydrogens (tertiary/aromatic N) is 2. The third-order valence-corrected chi connectivity index (χ3v) is 5.47. The lowest BCUT2D eigenvalue weighted by Gasteiger charge is -2.09. The summed E-state index contributed by atoms with van der Waals surface area (Å²) >= 11 is 8.02. The molecule has 21 heavy (non-hydrogen) atoms. The minimum atomic E-state index is 0.677. The molecule has 1 aliphatic rings. The van der Waals surface area contributed by atoms with Crippen LogP contribution in [0.15, 0.2) is 30.6 Å². The van der Waals surface area contributed by atoms with Crippen LogP contribution in [0.5, 0.6) is 0 Å². The summed E-state index contributed by atoms with van der Waals surface area (Å²) in [4.78, 5) is 11.4. The van der Waals surface area contributed by atoms with Gasteiger partial charge in [-0.3, -0.25) is 0 Å². The van der Waals surface area contributed by atoms with Crippen molar-refractivity contribution in [3.8, 4) is 0 Å². The summed E-state index contributed by atoms with van der Waals surface area (Å²) in [6.07, 6.45) is 5.21. The van der Waals surface area contributed by atoms with E-state index < -0.39 is 0 Å². The van der Waals surface area contributed by atoms with Crippen LogP contribution in [0.3, 0.4) is 0 Å². The lowest BCUT2D eigenvalue weighted by Crippen LogP contribution is -2.03. The molecule has 1 aliphatic carbocycles. The molecule has 0 fully saturated rings. The highest BCUT2D eigenvalue weighted by molar-refractivity contribution is 7.19. The van der Waals surface area contributed by atoms with Gasteiger partial charge in [-0.25, -0.2) is 9.97 Å². The third-order valence-electron chi connectivity index (χ3n) is 3.91. The molecule has 0 amide bonds. The van der Waals surface area contributed by atoms with Crippen molar-refractivity contribution >= 4 is 39.0 Å². The molecule has 0 radical (unpaired) electrons. The Morgan fingerprint density at radius 2 is 2.10 bits per heavy atom. The number of hydrogen-bond acceptors (Lipinski definition) is 4. The predicted octanol–water partition coefficient (Wildman–Crippen LogP) is 4.45. The predicted molar refractivity (Wildman–Crippen MR) is 88.2 cm³/mol. The van der Waals surface area contributed by atoms with Crippen molar-refractivity contribution in [2.24, 2.45) is 0 Å². The highest BCUT2D eigenvalue weighted by Crippen LogP contribution is 2.39. The van der Waals surface area contributed by atoms with Gasteiger partial charge in [-0.1, -0.05) is 29.8 Å². The number of aromatic nitrogens is 2. The van der Waals surface area contributed by atoms with Crippen molar-refractivity contribution in [2.75, 3.05) is 5.32 Å². The Morgan fingerprint density at radius 3 is 3.00 bits per heavy atom. The zero-order valence-electron chi connectivity index (χ0n) is 11.4. The van der Waals surface area contributed by atoms with E-state index >= 15 is 0 Å². The van der Waals surface area contributed by atoms with Gasteiger partial charge in [0.15, 0.2) is 0 Å². The van der Waals surface area contributed by atoms with E-state index in [0.717, 1.165) is 27.7 Å². The molecule has 2 heterocycles. The van der Waals surface area contributed by atoms with Crippen molar-refractivity contribution in [1.82, 2.24) is 9.97 Å². The number of benzene rings is 1. The molecule has 1 aromatic carbocycles. The standard InChI is InChI=1S/C16H14ClN3S/c17-12-6-2-1-4-10(12)8-18-15-14-11-5-3-7-13(11)21-16(14)20-9-19-15/h1-2,4,6,9H,3,5,7-8H2,(H,18,19,20). The number of thiophene rings is 1. The zero-order valence-corrected chi connectivity index (χ0v) is 13.0. The molecule has 1 N–H and O–H groups in total. The van der Waals surface area contributed by atoms with Gasteiger partial charge in [0, 0.05) is 16.4 Å². The molecular weight excluding hydrogens is 302 g/mol. The highest BCUT2D eigenvalue weighted by Gasteiger charge is 2.21. The van der Waals surface area contributed by atoms with E-state index in [1.807, 2.05) is 35.6 Å². The fourth-order valence-electron chi connectivity index (χ4n) is 2.88. The van der Waals surface area contributed by atoms with Gasteiger partial charge in [-0.05, 0) is 36.5 Å². The first kappa shape index (κ1) is 13.0. The molecule has 3 nitrogen and oxygen atoms in total. The first-order valence-corrected chi connectivity index (χ1v) is 8.25. The number of anilines is 1. The van der Waals surface area contributed by atoms with Gasteiger partial charge in [0.2, 0.25) is 0 Å². The van der Waals surface area contributed by atoms with E-state index in [1.165, 1.54) is 28.7 Å². The Kier molecular flexibility index (Phi) is 3.28. The second kappa shape index (κ2) is 5.28. The topological polar surface area (TPSA) is 37.8 Å². The van der Waals surface area contributed by atoms with Crippen molar-refractivity contribution in [1.29, 1.82) is 0 Å². The van der Waals surface area contributed by atoms with Gasteiger partial charge >= 0.3 is 0 Å². The van der Waals surface area contributed by atoms with Gasteiger partial charge in [-0.15, -0.1) is 11.3 Å². The van der Waals surface area contributed by atoms with Gasteiger partial charge in [0.25, 0.3) is 0 Å². The number of halogens is 1. The largest absolute Gasteiger partial charge is 0.365 e. The Bertz CT molecular complexity index is 812. The quantitative estimate of drug-likeness (QED) is 0.776. The minimum Gasteiger partial charge on any atom is -0.365 e. The van der Waals surface area contributed by atoms with Gasteiger partial charge < -0.3 is 5.32 Å². The normalized spacial score (nSPS) is 13.6. The van der Waals surface area contributed by atoms with Crippen LogP contribution in [0.4, 0.5) is 5.82 Å². The van der Waals surface area contributed by atoms with E-state index in [2.05, 4.69) is 15.3 Å². The van der Waals surface area contributed by atoms with Crippen molar-refractivity contribution in [3.05, 3.63) is 51.6 Å². The van der Waals surface area contributed by atoms with Gasteiger partial charge in [-0.2, -0.15) is 0 Å². The first-order chi connectivity index (χ1) is 10.3. The SMILES string of the molecule is Clc1ccccc1CNc1ncnc2sc3c(c12)CCC3. The second-order valence-corrected chi connectivity index (χ2v) is 6.70. The summed E-state index contributed by atoms with van der Waals surface area (Å²) in [6, 6.07) is 7.89. The summed E-state index contributed by atoms with van der Waals surface area (Å²) in [5.41, 5.74) is 2.52. The van der Waals surface area contributed by atoms with Crippen LogP contribution in [0, 0.1) is 0 Å². The third kappa shape index (κ3) is 2.28. The molecule has 0 unspecified atom stereocenters. The molecule has 2 aromatic heterocycles. The molecule has 5 heteroatoms. The number of nitrogens with one attached hydrogen (secondary N) is 1. The molecule has 0 saturated carbocycles. The van der Waals surface area contributed by atoms with Crippen molar-refractivity contribution in [3.63, 3.8) is 0 Å². The number of aryl methyl sites for hydroxylation is 2. The monoisotopic (exact) mass is 315 g/mol. The van der Waals surface area contributed by atoms with Crippen molar-refractivity contribution in [2.45, 2.75) is 25.8 Å². The van der Waals surface area contributed by atoms with Gasteiger partial charge in [0.05, 0.1) is 5.39 Å². The van der Waals surface area contributed by atoms with Crippen LogP contribution in [-0.4, -0.2) is 9.97 Å². The maximum atomic E-state index is 6.21. The first-order valence-electron chi connectivity index (χ1n) is 7.05. The highest BCUT2D eigenvalue weighted by atomic mass is 35.5. The molecule has 0 aliphatic heterocycles. The van der Waals surface area contributed by atoms with Crippen LogP contribution in [0.1, 0.15) is 22.4 Å². The summed E-state index contributed by atoms with van der Waals surface area (Å²) in [5, 5.41) is 5.43. The molecular formula is C16H14ClN3S. The fourth-order valence-corrected chi connectivity index (χ4v) is 4.31. The summed E-state index contributed by atoms with van der Waals surface area (Å²) in [5.74, 6) is 0.930. The number of hydrogen-bond donors (Lipinski definition) is 1. The van der Waals surface area contributed by atoms with Crippen molar-refractivity contribution < 1.29 is 0 Å². The average Bonchev–Trinajstić information content (AvgIpc) is 3.07. The Hall–Kier alpha value is -1.65. The Labute approximate surface area is 132 Å². The fraction of sp³-hybridized carbons (Fsp3) is 0.250. The van der Waals surface area contributed by atoms with Crippen LogP contribution in [0.25, 0.3) is 10.2 Å². The Balaban J connectivity index is 1.69. The maximum absolute atomic E-state index is 6.21. The van der Waals surface area contributed by atoms with Gasteiger partial charge in [0.1, 0.15) is 17.0 Å². The maximum Gasteiger partial charge on any atom is 0.138 e. The lowest BCUT2D eigenvalue weighted by molar-refractivity contribution is 0.917. The zero-order chi connectivity index (χ0) is 14.2.